The molecular formula is C16H27N3. The molecule has 1 aliphatic rings. The van der Waals surface area contributed by atoms with Gasteiger partial charge in [-0.05, 0) is 57.6 Å². The Morgan fingerprint density at radius 2 is 1.84 bits per heavy atom. The molecule has 2 rings (SSSR count). The lowest BCUT2D eigenvalue weighted by molar-refractivity contribution is 0.254. The highest BCUT2D eigenvalue weighted by atomic mass is 15.3. The lowest BCUT2D eigenvalue weighted by Crippen LogP contribution is -2.47. The molecule has 1 aromatic carbocycles. The minimum atomic E-state index is 1.12. The molecule has 3 nitrogen and oxygen atoms in total. The fraction of sp³-hybridized carbons (Fsp3) is 0.625. The van der Waals surface area contributed by atoms with Crippen molar-refractivity contribution in [1.29, 1.82) is 0 Å². The van der Waals surface area contributed by atoms with Gasteiger partial charge < -0.3 is 10.2 Å². The molecule has 0 spiro atoms. The molecule has 19 heavy (non-hydrogen) atoms. The Bertz CT molecular complexity index is 395. The first kappa shape index (κ1) is 14.4. The fourth-order valence-electron chi connectivity index (χ4n) is 2.77. The Labute approximate surface area is 117 Å². The lowest BCUT2D eigenvalue weighted by atomic mass is 10.1. The number of rotatable bonds is 5. The molecule has 0 unspecified atom stereocenters. The van der Waals surface area contributed by atoms with Crippen molar-refractivity contribution in [3.8, 4) is 0 Å². The summed E-state index contributed by atoms with van der Waals surface area (Å²) in [4.78, 5) is 5.12. The van der Waals surface area contributed by atoms with Crippen LogP contribution in [0.25, 0.3) is 0 Å². The molecule has 3 heteroatoms. The highest BCUT2D eigenvalue weighted by molar-refractivity contribution is 5.56. The van der Waals surface area contributed by atoms with E-state index in [9.17, 15) is 0 Å². The summed E-state index contributed by atoms with van der Waals surface area (Å²) in [5.74, 6) is 0. The Balaban J connectivity index is 1.87. The number of nitrogens with zero attached hydrogens (tertiary/aromatic N) is 2. The maximum atomic E-state index is 3.22. The van der Waals surface area contributed by atoms with Gasteiger partial charge in [-0.2, -0.15) is 0 Å². The van der Waals surface area contributed by atoms with Crippen LogP contribution in [-0.4, -0.2) is 51.2 Å². The van der Waals surface area contributed by atoms with Crippen molar-refractivity contribution in [2.75, 3.05) is 51.2 Å². The molecule has 1 aromatic rings. The van der Waals surface area contributed by atoms with Gasteiger partial charge in [0, 0.05) is 31.9 Å². The zero-order valence-corrected chi connectivity index (χ0v) is 12.6. The van der Waals surface area contributed by atoms with Gasteiger partial charge in [-0.25, -0.2) is 0 Å². The van der Waals surface area contributed by atoms with E-state index >= 15 is 0 Å². The Kier molecular flexibility index (Phi) is 5.23. The summed E-state index contributed by atoms with van der Waals surface area (Å²) in [6.45, 7) is 11.5. The summed E-state index contributed by atoms with van der Waals surface area (Å²) in [6, 6.07) is 6.64. The third-order valence-electron chi connectivity index (χ3n) is 4.19. The minimum absolute atomic E-state index is 1.12. The van der Waals surface area contributed by atoms with E-state index in [2.05, 4.69) is 47.2 Å². The number of hydrogen-bond acceptors (Lipinski definition) is 3. The Hall–Kier alpha value is -1.06. The summed E-state index contributed by atoms with van der Waals surface area (Å²) in [5, 5.41) is 3.22. The van der Waals surface area contributed by atoms with Crippen LogP contribution in [0.15, 0.2) is 18.2 Å². The van der Waals surface area contributed by atoms with Crippen molar-refractivity contribution in [3.63, 3.8) is 0 Å². The number of piperazine rings is 1. The molecule has 0 bridgehead atoms. The number of benzene rings is 1. The maximum absolute atomic E-state index is 3.22. The normalized spacial score (nSPS) is 16.9. The molecule has 1 fully saturated rings. The Morgan fingerprint density at radius 1 is 1.11 bits per heavy atom. The van der Waals surface area contributed by atoms with Crippen LogP contribution < -0.4 is 10.2 Å². The van der Waals surface area contributed by atoms with Gasteiger partial charge in [-0.3, -0.25) is 4.90 Å². The van der Waals surface area contributed by atoms with Crippen molar-refractivity contribution < 1.29 is 0 Å². The van der Waals surface area contributed by atoms with Gasteiger partial charge >= 0.3 is 0 Å². The van der Waals surface area contributed by atoms with Crippen LogP contribution >= 0.6 is 0 Å². The fourth-order valence-corrected chi connectivity index (χ4v) is 2.77. The molecule has 0 aliphatic carbocycles. The van der Waals surface area contributed by atoms with E-state index in [-0.39, 0.29) is 0 Å². The van der Waals surface area contributed by atoms with Gasteiger partial charge in [0.2, 0.25) is 0 Å². The van der Waals surface area contributed by atoms with Crippen LogP contribution in [0.5, 0.6) is 0 Å². The van der Waals surface area contributed by atoms with Crippen LogP contribution in [0.1, 0.15) is 17.5 Å². The quantitative estimate of drug-likeness (QED) is 0.818. The first-order valence-corrected chi connectivity index (χ1v) is 7.40. The van der Waals surface area contributed by atoms with Crippen LogP contribution in [-0.2, 0) is 0 Å². The zero-order chi connectivity index (χ0) is 13.7. The van der Waals surface area contributed by atoms with Crippen molar-refractivity contribution in [2.45, 2.75) is 20.3 Å². The Morgan fingerprint density at radius 3 is 2.53 bits per heavy atom. The van der Waals surface area contributed by atoms with E-state index in [0.29, 0.717) is 0 Å². The molecule has 106 valence electrons. The lowest BCUT2D eigenvalue weighted by Gasteiger charge is -2.37. The van der Waals surface area contributed by atoms with E-state index in [0.717, 1.165) is 19.6 Å². The minimum Gasteiger partial charge on any atom is -0.369 e. The van der Waals surface area contributed by atoms with Gasteiger partial charge in [0.25, 0.3) is 0 Å². The second-order valence-corrected chi connectivity index (χ2v) is 5.50. The molecule has 1 N–H and O–H groups in total. The number of anilines is 1. The van der Waals surface area contributed by atoms with Crippen molar-refractivity contribution in [1.82, 2.24) is 10.2 Å². The summed E-state index contributed by atoms with van der Waals surface area (Å²) in [5.41, 5.74) is 4.26. The van der Waals surface area contributed by atoms with Crippen LogP contribution in [0.4, 0.5) is 5.69 Å². The first-order chi connectivity index (χ1) is 9.22. The molecule has 0 saturated carbocycles. The average Bonchev–Trinajstić information content (AvgIpc) is 2.43. The summed E-state index contributed by atoms with van der Waals surface area (Å²) in [7, 11) is 2.03. The summed E-state index contributed by atoms with van der Waals surface area (Å²) < 4.78 is 0. The van der Waals surface area contributed by atoms with Crippen molar-refractivity contribution in [3.05, 3.63) is 29.3 Å². The first-order valence-electron chi connectivity index (χ1n) is 7.40. The zero-order valence-electron chi connectivity index (χ0n) is 12.6. The van der Waals surface area contributed by atoms with Crippen molar-refractivity contribution in [2.24, 2.45) is 0 Å². The maximum Gasteiger partial charge on any atom is 0.0399 e. The standard InChI is InChI=1S/C16H27N3/c1-14-6-4-7-16(15(14)2)19-12-10-18(11-13-19)9-5-8-17-3/h4,6-7,17H,5,8-13H2,1-3H3. The SMILES string of the molecule is CNCCCN1CCN(c2cccc(C)c2C)CC1. The molecule has 1 heterocycles. The van der Waals surface area contributed by atoms with E-state index < -0.39 is 0 Å². The predicted octanol–water partition coefficient (Wildman–Crippen LogP) is 2.03. The van der Waals surface area contributed by atoms with E-state index in [1.165, 1.54) is 42.9 Å². The monoisotopic (exact) mass is 261 g/mol. The highest BCUT2D eigenvalue weighted by Gasteiger charge is 2.18. The van der Waals surface area contributed by atoms with Gasteiger partial charge in [0.1, 0.15) is 0 Å². The molecule has 1 aliphatic heterocycles. The van der Waals surface area contributed by atoms with Gasteiger partial charge in [-0.1, -0.05) is 12.1 Å². The molecule has 0 radical (unpaired) electrons. The largest absolute Gasteiger partial charge is 0.369 e. The molecular weight excluding hydrogens is 234 g/mol. The highest BCUT2D eigenvalue weighted by Crippen LogP contribution is 2.23. The third-order valence-corrected chi connectivity index (χ3v) is 4.19. The van der Waals surface area contributed by atoms with Gasteiger partial charge in [0.05, 0.1) is 0 Å². The average molecular weight is 261 g/mol. The predicted molar refractivity (Wildman–Crippen MR) is 83.1 cm³/mol. The topological polar surface area (TPSA) is 18.5 Å². The number of aryl methyl sites for hydroxylation is 1. The number of nitrogens with one attached hydrogen (secondary N) is 1. The number of hydrogen-bond donors (Lipinski definition) is 1. The van der Waals surface area contributed by atoms with E-state index in [1.54, 1.807) is 0 Å². The molecule has 0 aromatic heterocycles. The van der Waals surface area contributed by atoms with Crippen LogP contribution in [0, 0.1) is 13.8 Å². The molecule has 0 amide bonds. The smallest absolute Gasteiger partial charge is 0.0399 e. The van der Waals surface area contributed by atoms with Gasteiger partial charge in [-0.15, -0.1) is 0 Å². The van der Waals surface area contributed by atoms with Crippen LogP contribution in [0.3, 0.4) is 0 Å². The van der Waals surface area contributed by atoms with E-state index in [1.807, 2.05) is 7.05 Å². The van der Waals surface area contributed by atoms with Gasteiger partial charge in [0.15, 0.2) is 0 Å². The summed E-state index contributed by atoms with van der Waals surface area (Å²) >= 11 is 0. The summed E-state index contributed by atoms with van der Waals surface area (Å²) in [6.07, 6.45) is 1.25. The second kappa shape index (κ2) is 6.92. The third kappa shape index (κ3) is 3.71. The molecule has 0 atom stereocenters. The second-order valence-electron chi connectivity index (χ2n) is 5.50. The van der Waals surface area contributed by atoms with Crippen LogP contribution in [0.2, 0.25) is 0 Å². The van der Waals surface area contributed by atoms with Crippen molar-refractivity contribution >= 4 is 5.69 Å². The molecule has 1 saturated heterocycles. The van der Waals surface area contributed by atoms with E-state index in [4.69, 9.17) is 0 Å².